The zero-order valence-corrected chi connectivity index (χ0v) is 14.4. The van der Waals surface area contributed by atoms with Crippen molar-refractivity contribution in [2.24, 2.45) is 0 Å². The zero-order chi connectivity index (χ0) is 16.9. The summed E-state index contributed by atoms with van der Waals surface area (Å²) in [5, 5.41) is 13.6. The van der Waals surface area contributed by atoms with Gasteiger partial charge in [0.05, 0.1) is 5.69 Å². The smallest absolute Gasteiger partial charge is 0.190 e. The van der Waals surface area contributed by atoms with E-state index in [1.54, 1.807) is 23.9 Å². The highest BCUT2D eigenvalue weighted by molar-refractivity contribution is 7.99. The molecule has 2 aromatic rings. The Labute approximate surface area is 145 Å². The van der Waals surface area contributed by atoms with Gasteiger partial charge < -0.3 is 5.32 Å². The van der Waals surface area contributed by atoms with E-state index >= 15 is 0 Å². The van der Waals surface area contributed by atoms with Crippen molar-refractivity contribution < 1.29 is 4.39 Å². The molecule has 3 rings (SSSR count). The Morgan fingerprint density at radius 1 is 1.29 bits per heavy atom. The lowest BCUT2D eigenvalue weighted by Crippen LogP contribution is -2.08. The monoisotopic (exact) mass is 342 g/mol. The topological polar surface area (TPSA) is 61.6 Å². The van der Waals surface area contributed by atoms with Crippen molar-refractivity contribution in [3.8, 4) is 17.3 Å². The first-order valence-electron chi connectivity index (χ1n) is 8.18. The second-order valence-corrected chi connectivity index (χ2v) is 6.88. The quantitative estimate of drug-likeness (QED) is 0.452. The maximum atomic E-state index is 13.2. The highest BCUT2D eigenvalue weighted by atomic mass is 32.2. The van der Waals surface area contributed by atoms with E-state index in [1.807, 2.05) is 0 Å². The summed E-state index contributed by atoms with van der Waals surface area (Å²) in [5.74, 6) is 1.22. The Balaban J connectivity index is 2.01. The number of rotatable bonds is 7. The fourth-order valence-corrected chi connectivity index (χ4v) is 3.19. The summed E-state index contributed by atoms with van der Waals surface area (Å²) in [6.07, 6.45) is 4.39. The van der Waals surface area contributed by atoms with Gasteiger partial charge in [-0.25, -0.2) is 14.4 Å². The number of anilines is 1. The van der Waals surface area contributed by atoms with Crippen LogP contribution < -0.4 is 5.32 Å². The third-order valence-electron chi connectivity index (χ3n) is 3.77. The first-order valence-corrected chi connectivity index (χ1v) is 9.17. The lowest BCUT2D eigenvalue weighted by atomic mass is 10.1. The molecule has 24 heavy (non-hydrogen) atoms. The predicted molar refractivity (Wildman–Crippen MR) is 94.4 cm³/mol. The standard InChI is InChI=1S/C18H19FN4S/c1-2-3-10-24-18-22-16(12-4-6-13(19)7-5-12)15(11-20)17(23-18)21-14-8-9-14/h4-7,14H,2-3,8-10H2,1H3,(H,21,22,23). The minimum Gasteiger partial charge on any atom is -0.366 e. The SMILES string of the molecule is CCCCSc1nc(NC2CC2)c(C#N)c(-c2ccc(F)cc2)n1. The summed E-state index contributed by atoms with van der Waals surface area (Å²) in [6, 6.07) is 8.68. The Hall–Kier alpha value is -2.13. The van der Waals surface area contributed by atoms with Crippen LogP contribution in [0.25, 0.3) is 11.3 Å². The van der Waals surface area contributed by atoms with Gasteiger partial charge in [0.1, 0.15) is 23.3 Å². The molecule has 6 heteroatoms. The second-order valence-electron chi connectivity index (χ2n) is 5.82. The van der Waals surface area contributed by atoms with Gasteiger partial charge in [-0.1, -0.05) is 25.1 Å². The maximum Gasteiger partial charge on any atom is 0.190 e. The summed E-state index contributed by atoms with van der Waals surface area (Å²) in [5.41, 5.74) is 1.72. The van der Waals surface area contributed by atoms with Gasteiger partial charge in [0, 0.05) is 17.4 Å². The van der Waals surface area contributed by atoms with Crippen LogP contribution in [0, 0.1) is 17.1 Å². The average molecular weight is 342 g/mol. The van der Waals surface area contributed by atoms with E-state index in [0.29, 0.717) is 28.3 Å². The molecule has 1 aromatic heterocycles. The number of benzene rings is 1. The first kappa shape index (κ1) is 16.7. The van der Waals surface area contributed by atoms with Crippen LogP contribution in [0.4, 0.5) is 10.2 Å². The Kier molecular flexibility index (Phi) is 5.31. The third kappa shape index (κ3) is 4.04. The fraction of sp³-hybridized carbons (Fsp3) is 0.389. The summed E-state index contributed by atoms with van der Waals surface area (Å²) in [7, 11) is 0. The van der Waals surface area contributed by atoms with E-state index in [2.05, 4.69) is 28.3 Å². The molecule has 1 fully saturated rings. The molecule has 1 N–H and O–H groups in total. The molecule has 4 nitrogen and oxygen atoms in total. The van der Waals surface area contributed by atoms with Crippen LogP contribution in [-0.4, -0.2) is 21.8 Å². The van der Waals surface area contributed by atoms with E-state index in [1.165, 1.54) is 12.1 Å². The second kappa shape index (κ2) is 7.63. The van der Waals surface area contributed by atoms with Gasteiger partial charge in [-0.2, -0.15) is 5.26 Å². The van der Waals surface area contributed by atoms with Crippen molar-refractivity contribution >= 4 is 17.6 Å². The molecule has 1 saturated carbocycles. The molecule has 0 radical (unpaired) electrons. The molecule has 1 aromatic carbocycles. The van der Waals surface area contributed by atoms with Gasteiger partial charge in [0.15, 0.2) is 5.16 Å². The molecule has 0 aliphatic heterocycles. The van der Waals surface area contributed by atoms with Gasteiger partial charge >= 0.3 is 0 Å². The first-order chi connectivity index (χ1) is 11.7. The number of nitrogens with zero attached hydrogens (tertiary/aromatic N) is 3. The highest BCUT2D eigenvalue weighted by Gasteiger charge is 2.25. The van der Waals surface area contributed by atoms with E-state index in [9.17, 15) is 9.65 Å². The zero-order valence-electron chi connectivity index (χ0n) is 13.6. The molecule has 124 valence electrons. The molecular formula is C18H19FN4S. The van der Waals surface area contributed by atoms with Crippen LogP contribution in [0.2, 0.25) is 0 Å². The van der Waals surface area contributed by atoms with Crippen molar-refractivity contribution in [1.29, 1.82) is 5.26 Å². The number of aromatic nitrogens is 2. The van der Waals surface area contributed by atoms with Crippen LogP contribution in [0.15, 0.2) is 29.4 Å². The largest absolute Gasteiger partial charge is 0.366 e. The van der Waals surface area contributed by atoms with Gasteiger partial charge in [-0.3, -0.25) is 0 Å². The number of unbranched alkanes of at least 4 members (excludes halogenated alkanes) is 1. The fourth-order valence-electron chi connectivity index (χ4n) is 2.26. The van der Waals surface area contributed by atoms with Gasteiger partial charge in [-0.05, 0) is 43.5 Å². The molecule has 1 heterocycles. The number of hydrogen-bond donors (Lipinski definition) is 1. The van der Waals surface area contributed by atoms with E-state index in [0.717, 1.165) is 37.0 Å². The average Bonchev–Trinajstić information content (AvgIpc) is 3.39. The molecule has 0 atom stereocenters. The Bertz CT molecular complexity index is 751. The van der Waals surface area contributed by atoms with Crippen molar-refractivity contribution in [1.82, 2.24) is 9.97 Å². The van der Waals surface area contributed by atoms with E-state index in [-0.39, 0.29) is 5.82 Å². The normalized spacial score (nSPS) is 13.5. The number of nitrogens with one attached hydrogen (secondary N) is 1. The van der Waals surface area contributed by atoms with E-state index in [4.69, 9.17) is 0 Å². The van der Waals surface area contributed by atoms with Crippen LogP contribution in [0.3, 0.4) is 0 Å². The molecule has 0 amide bonds. The summed E-state index contributed by atoms with van der Waals surface area (Å²) in [6.45, 7) is 2.14. The number of nitriles is 1. The maximum absolute atomic E-state index is 13.2. The molecule has 1 aliphatic carbocycles. The van der Waals surface area contributed by atoms with Crippen LogP contribution in [0.5, 0.6) is 0 Å². The highest BCUT2D eigenvalue weighted by Crippen LogP contribution is 2.32. The Morgan fingerprint density at radius 3 is 2.67 bits per heavy atom. The predicted octanol–water partition coefficient (Wildman–Crippen LogP) is 4.62. The third-order valence-corrected chi connectivity index (χ3v) is 4.70. The lowest BCUT2D eigenvalue weighted by molar-refractivity contribution is 0.628. The molecule has 0 spiro atoms. The van der Waals surface area contributed by atoms with Crippen molar-refractivity contribution in [2.45, 2.75) is 43.8 Å². The van der Waals surface area contributed by atoms with E-state index < -0.39 is 0 Å². The molecule has 0 bridgehead atoms. The molecule has 0 saturated heterocycles. The van der Waals surface area contributed by atoms with Crippen LogP contribution in [-0.2, 0) is 0 Å². The van der Waals surface area contributed by atoms with Gasteiger partial charge in [-0.15, -0.1) is 0 Å². The number of halogens is 1. The Morgan fingerprint density at radius 2 is 2.04 bits per heavy atom. The van der Waals surface area contributed by atoms with Crippen molar-refractivity contribution in [3.63, 3.8) is 0 Å². The molecule has 0 unspecified atom stereocenters. The minimum absolute atomic E-state index is 0.305. The van der Waals surface area contributed by atoms with Crippen molar-refractivity contribution in [2.75, 3.05) is 11.1 Å². The summed E-state index contributed by atoms with van der Waals surface area (Å²) >= 11 is 1.59. The molecular weight excluding hydrogens is 323 g/mol. The summed E-state index contributed by atoms with van der Waals surface area (Å²) in [4.78, 5) is 9.11. The van der Waals surface area contributed by atoms with Gasteiger partial charge in [0.25, 0.3) is 0 Å². The summed E-state index contributed by atoms with van der Waals surface area (Å²) < 4.78 is 13.2. The lowest BCUT2D eigenvalue weighted by Gasteiger charge is -2.12. The van der Waals surface area contributed by atoms with Crippen molar-refractivity contribution in [3.05, 3.63) is 35.6 Å². The van der Waals surface area contributed by atoms with Crippen LogP contribution >= 0.6 is 11.8 Å². The minimum atomic E-state index is -0.305. The van der Waals surface area contributed by atoms with Gasteiger partial charge in [0.2, 0.25) is 0 Å². The molecule has 1 aliphatic rings. The number of thioether (sulfide) groups is 1. The number of hydrogen-bond acceptors (Lipinski definition) is 5. The van der Waals surface area contributed by atoms with Crippen LogP contribution in [0.1, 0.15) is 38.2 Å².